The van der Waals surface area contributed by atoms with Gasteiger partial charge in [0.15, 0.2) is 0 Å². The number of hydrogen-bond acceptors (Lipinski definition) is 4. The summed E-state index contributed by atoms with van der Waals surface area (Å²) in [5, 5.41) is 3.32. The fraction of sp³-hybridized carbons (Fsp3) is 0.240. The van der Waals surface area contributed by atoms with Gasteiger partial charge in [0.1, 0.15) is 5.75 Å². The largest absolute Gasteiger partial charge is 0.497 e. The number of methoxy groups -OCH3 is 1. The van der Waals surface area contributed by atoms with Gasteiger partial charge in [-0.3, -0.25) is 4.79 Å². The van der Waals surface area contributed by atoms with E-state index >= 15 is 0 Å². The van der Waals surface area contributed by atoms with Crippen LogP contribution in [0.15, 0.2) is 77.7 Å². The van der Waals surface area contributed by atoms with Crippen LogP contribution in [-0.4, -0.2) is 32.3 Å². The van der Waals surface area contributed by atoms with Gasteiger partial charge in [-0.05, 0) is 61.4 Å². The molecule has 1 unspecified atom stereocenters. The van der Waals surface area contributed by atoms with Crippen molar-refractivity contribution in [3.8, 4) is 5.75 Å². The Hall–Kier alpha value is -2.87. The number of sulfonamides is 1. The second kappa shape index (κ2) is 10.8. The number of benzene rings is 3. The molecular weight excluding hydrogens is 460 g/mol. The number of amides is 1. The second-order valence-corrected chi connectivity index (χ2v) is 10.1. The molecular formula is C25H27ClN2O4S. The molecule has 0 saturated carbocycles. The maximum atomic E-state index is 13.4. The zero-order valence-corrected chi connectivity index (χ0v) is 20.4. The summed E-state index contributed by atoms with van der Waals surface area (Å²) in [5.41, 5.74) is 2.74. The smallest absolute Gasteiger partial charge is 0.243 e. The summed E-state index contributed by atoms with van der Waals surface area (Å²) in [4.78, 5) is 13.0. The van der Waals surface area contributed by atoms with E-state index in [0.717, 1.165) is 22.4 Å². The van der Waals surface area contributed by atoms with Crippen LogP contribution in [0.4, 0.5) is 0 Å². The fourth-order valence-corrected chi connectivity index (χ4v) is 4.81. The van der Waals surface area contributed by atoms with E-state index in [-0.39, 0.29) is 24.0 Å². The summed E-state index contributed by atoms with van der Waals surface area (Å²) in [6.07, 6.45) is 0. The molecule has 33 heavy (non-hydrogen) atoms. The summed E-state index contributed by atoms with van der Waals surface area (Å²) >= 11 is 5.92. The minimum atomic E-state index is -3.93. The van der Waals surface area contributed by atoms with E-state index < -0.39 is 15.9 Å². The summed E-state index contributed by atoms with van der Waals surface area (Å²) in [6.45, 7) is 3.55. The Kier molecular flexibility index (Phi) is 8.13. The van der Waals surface area contributed by atoms with Gasteiger partial charge in [0.25, 0.3) is 0 Å². The normalized spacial score (nSPS) is 12.4. The first-order chi connectivity index (χ1) is 15.7. The summed E-state index contributed by atoms with van der Waals surface area (Å²) < 4.78 is 33.1. The second-order valence-electron chi connectivity index (χ2n) is 7.77. The molecule has 0 aliphatic rings. The van der Waals surface area contributed by atoms with E-state index in [1.165, 1.54) is 28.6 Å². The van der Waals surface area contributed by atoms with E-state index in [2.05, 4.69) is 5.32 Å². The molecule has 3 rings (SSSR count). The van der Waals surface area contributed by atoms with Crippen LogP contribution in [0.5, 0.6) is 5.75 Å². The van der Waals surface area contributed by atoms with E-state index in [1.54, 1.807) is 7.11 Å². The van der Waals surface area contributed by atoms with Crippen molar-refractivity contribution in [2.24, 2.45) is 0 Å². The molecule has 0 heterocycles. The maximum absolute atomic E-state index is 13.4. The van der Waals surface area contributed by atoms with Crippen molar-refractivity contribution in [1.29, 1.82) is 0 Å². The minimum Gasteiger partial charge on any atom is -0.497 e. The van der Waals surface area contributed by atoms with E-state index in [4.69, 9.17) is 16.3 Å². The average molecular weight is 487 g/mol. The number of carbonyl (C=O) groups excluding carboxylic acids is 1. The Bertz CT molecular complexity index is 1180. The minimum absolute atomic E-state index is 0.0651. The molecule has 174 valence electrons. The number of nitrogens with one attached hydrogen (secondary N) is 1. The lowest BCUT2D eigenvalue weighted by atomic mass is 10.1. The molecule has 3 aromatic rings. The molecule has 1 atom stereocenters. The van der Waals surface area contributed by atoms with Crippen molar-refractivity contribution in [3.63, 3.8) is 0 Å². The molecule has 6 nitrogen and oxygen atoms in total. The Balaban J connectivity index is 1.81. The summed E-state index contributed by atoms with van der Waals surface area (Å²) in [6, 6.07) is 20.5. The van der Waals surface area contributed by atoms with Crippen molar-refractivity contribution in [1.82, 2.24) is 9.62 Å². The molecule has 3 aromatic carbocycles. The number of carbonyl (C=O) groups is 1. The molecule has 0 spiro atoms. The van der Waals surface area contributed by atoms with Gasteiger partial charge in [-0.2, -0.15) is 4.31 Å². The van der Waals surface area contributed by atoms with Gasteiger partial charge in [-0.15, -0.1) is 0 Å². The number of rotatable bonds is 9. The molecule has 0 aromatic heterocycles. The van der Waals surface area contributed by atoms with Crippen molar-refractivity contribution in [3.05, 3.63) is 94.5 Å². The number of hydrogen-bond donors (Lipinski definition) is 1. The third-order valence-corrected chi connectivity index (χ3v) is 7.30. The van der Waals surface area contributed by atoms with Crippen LogP contribution < -0.4 is 10.1 Å². The Morgan fingerprint density at radius 2 is 1.61 bits per heavy atom. The van der Waals surface area contributed by atoms with Gasteiger partial charge in [0.2, 0.25) is 15.9 Å². The zero-order chi connectivity index (χ0) is 24.0. The topological polar surface area (TPSA) is 75.7 Å². The number of nitrogens with zero attached hydrogens (tertiary/aromatic N) is 1. The first-order valence-electron chi connectivity index (χ1n) is 10.4. The molecule has 0 aliphatic heterocycles. The fourth-order valence-electron chi connectivity index (χ4n) is 3.30. The molecule has 1 amide bonds. The van der Waals surface area contributed by atoms with Crippen molar-refractivity contribution in [2.45, 2.75) is 31.3 Å². The monoisotopic (exact) mass is 486 g/mol. The molecule has 0 aliphatic carbocycles. The van der Waals surface area contributed by atoms with Crippen LogP contribution in [0.3, 0.4) is 0 Å². The molecule has 0 saturated heterocycles. The van der Waals surface area contributed by atoms with Crippen LogP contribution >= 0.6 is 11.6 Å². The van der Waals surface area contributed by atoms with Gasteiger partial charge in [-0.25, -0.2) is 8.42 Å². The first kappa shape index (κ1) is 24.8. The average Bonchev–Trinajstić information content (AvgIpc) is 2.80. The number of halogens is 1. The lowest BCUT2D eigenvalue weighted by Gasteiger charge is -2.23. The number of ether oxygens (including phenoxy) is 1. The third-order valence-electron chi connectivity index (χ3n) is 5.24. The van der Waals surface area contributed by atoms with Crippen molar-refractivity contribution < 1.29 is 17.9 Å². The van der Waals surface area contributed by atoms with Gasteiger partial charge < -0.3 is 10.1 Å². The molecule has 0 fully saturated rings. The maximum Gasteiger partial charge on any atom is 0.243 e. The highest BCUT2D eigenvalue weighted by Crippen LogP contribution is 2.22. The van der Waals surface area contributed by atoms with Crippen molar-refractivity contribution >= 4 is 27.5 Å². The van der Waals surface area contributed by atoms with E-state index in [1.807, 2.05) is 62.4 Å². The van der Waals surface area contributed by atoms with Crippen LogP contribution in [-0.2, 0) is 21.4 Å². The highest BCUT2D eigenvalue weighted by Gasteiger charge is 2.27. The van der Waals surface area contributed by atoms with Gasteiger partial charge in [0.05, 0.1) is 24.6 Å². The highest BCUT2D eigenvalue weighted by atomic mass is 35.5. The van der Waals surface area contributed by atoms with Crippen LogP contribution in [0.1, 0.15) is 29.7 Å². The predicted octanol–water partition coefficient (Wildman–Crippen LogP) is 4.73. The van der Waals surface area contributed by atoms with E-state index in [9.17, 15) is 13.2 Å². The van der Waals surface area contributed by atoms with Crippen LogP contribution in [0.25, 0.3) is 0 Å². The van der Waals surface area contributed by atoms with E-state index in [0.29, 0.717) is 5.02 Å². The molecule has 0 radical (unpaired) electrons. The summed E-state index contributed by atoms with van der Waals surface area (Å²) in [7, 11) is -2.35. The zero-order valence-electron chi connectivity index (χ0n) is 18.8. The SMILES string of the molecule is COc1ccc(C(C)NC(=O)CN(Cc2ccc(C)cc2)S(=O)(=O)c2ccc(Cl)cc2)cc1. The van der Waals surface area contributed by atoms with Gasteiger partial charge in [-0.1, -0.05) is 53.6 Å². The Morgan fingerprint density at radius 1 is 1.00 bits per heavy atom. The molecule has 1 N–H and O–H groups in total. The van der Waals surface area contributed by atoms with Crippen molar-refractivity contribution in [2.75, 3.05) is 13.7 Å². The molecule has 8 heteroatoms. The number of aryl methyl sites for hydroxylation is 1. The summed E-state index contributed by atoms with van der Waals surface area (Å²) in [5.74, 6) is 0.318. The standard InChI is InChI=1S/C25H27ClN2O4S/c1-18-4-6-20(7-5-18)16-28(33(30,31)24-14-10-22(26)11-15-24)17-25(29)27-19(2)21-8-12-23(32-3)13-9-21/h4-15,19H,16-17H2,1-3H3,(H,27,29). The highest BCUT2D eigenvalue weighted by molar-refractivity contribution is 7.89. The van der Waals surface area contributed by atoms with Gasteiger partial charge >= 0.3 is 0 Å². The quantitative estimate of drug-likeness (QED) is 0.474. The Labute approximate surface area is 200 Å². The predicted molar refractivity (Wildman–Crippen MR) is 130 cm³/mol. The third kappa shape index (κ3) is 6.57. The van der Waals surface area contributed by atoms with Crippen LogP contribution in [0, 0.1) is 6.92 Å². The molecule has 0 bridgehead atoms. The Morgan fingerprint density at radius 3 is 2.18 bits per heavy atom. The lowest BCUT2D eigenvalue weighted by Crippen LogP contribution is -2.41. The van der Waals surface area contributed by atoms with Crippen LogP contribution in [0.2, 0.25) is 5.02 Å². The lowest BCUT2D eigenvalue weighted by molar-refractivity contribution is -0.122. The van der Waals surface area contributed by atoms with Gasteiger partial charge in [0, 0.05) is 11.6 Å². The first-order valence-corrected chi connectivity index (χ1v) is 12.3.